The highest BCUT2D eigenvalue weighted by atomic mass is 35.5. The molecule has 7 heteroatoms. The topological polar surface area (TPSA) is 81.2 Å². The molecule has 0 aliphatic carbocycles. The summed E-state index contributed by atoms with van der Waals surface area (Å²) in [6.45, 7) is 1.21. The lowest BCUT2D eigenvalue weighted by molar-refractivity contribution is -0.135. The van der Waals surface area contributed by atoms with Crippen molar-refractivity contribution in [1.29, 1.82) is 0 Å². The molecule has 2 N–H and O–H groups in total. The van der Waals surface area contributed by atoms with Crippen LogP contribution in [0.5, 0.6) is 0 Å². The largest absolute Gasteiger partial charge is 0.337 e. The first-order valence-corrected chi connectivity index (χ1v) is 7.64. The first-order chi connectivity index (χ1) is 10.7. The van der Waals surface area contributed by atoms with Crippen molar-refractivity contribution in [2.75, 3.05) is 13.1 Å². The summed E-state index contributed by atoms with van der Waals surface area (Å²) in [6.07, 6.45) is 4.48. The van der Waals surface area contributed by atoms with Gasteiger partial charge in [0, 0.05) is 19.1 Å². The minimum Gasteiger partial charge on any atom is -0.337 e. The average molecular weight is 337 g/mol. The van der Waals surface area contributed by atoms with Crippen molar-refractivity contribution >= 4 is 29.2 Å². The van der Waals surface area contributed by atoms with Gasteiger partial charge in [-0.15, -0.1) is 12.4 Å². The van der Waals surface area contributed by atoms with E-state index in [2.05, 4.69) is 4.98 Å². The van der Waals surface area contributed by atoms with Crippen LogP contribution in [0.15, 0.2) is 35.4 Å². The molecule has 0 radical (unpaired) electrons. The third-order valence-electron chi connectivity index (χ3n) is 4.26. The Morgan fingerprint density at radius 3 is 2.87 bits per heavy atom. The van der Waals surface area contributed by atoms with E-state index in [0.717, 1.165) is 25.8 Å². The zero-order valence-electron chi connectivity index (χ0n) is 12.9. The summed E-state index contributed by atoms with van der Waals surface area (Å²) in [5.74, 6) is -0.0608. The summed E-state index contributed by atoms with van der Waals surface area (Å²) < 4.78 is 1.38. The van der Waals surface area contributed by atoms with Gasteiger partial charge in [0.1, 0.15) is 6.54 Å². The van der Waals surface area contributed by atoms with Crippen molar-refractivity contribution in [3.05, 3.63) is 40.9 Å². The van der Waals surface area contributed by atoms with E-state index in [4.69, 9.17) is 5.73 Å². The van der Waals surface area contributed by atoms with Crippen LogP contribution in [0.2, 0.25) is 0 Å². The number of hydrogen-bond donors (Lipinski definition) is 1. The Labute approximate surface area is 140 Å². The third-order valence-corrected chi connectivity index (χ3v) is 4.26. The number of nitrogens with two attached hydrogens (primary N) is 1. The number of benzene rings is 1. The lowest BCUT2D eigenvalue weighted by Crippen LogP contribution is -2.49. The van der Waals surface area contributed by atoms with Crippen molar-refractivity contribution in [3.63, 3.8) is 0 Å². The number of fused-ring (bicyclic) bond motifs is 1. The number of amides is 1. The molecule has 6 nitrogen and oxygen atoms in total. The summed E-state index contributed by atoms with van der Waals surface area (Å²) in [7, 11) is 0. The van der Waals surface area contributed by atoms with Gasteiger partial charge in [0.25, 0.3) is 5.56 Å². The molecule has 2 aromatic rings. The second-order valence-electron chi connectivity index (χ2n) is 5.67. The Morgan fingerprint density at radius 2 is 2.09 bits per heavy atom. The smallest absolute Gasteiger partial charge is 0.261 e. The highest BCUT2D eigenvalue weighted by Crippen LogP contribution is 2.16. The highest BCUT2D eigenvalue weighted by molar-refractivity contribution is 5.85. The molecule has 0 spiro atoms. The van der Waals surface area contributed by atoms with E-state index in [1.807, 2.05) is 11.0 Å². The molecule has 1 saturated heterocycles. The number of carbonyl (C=O) groups excluding carboxylic acids is 1. The normalized spacial score (nSPS) is 17.8. The number of hydrogen-bond acceptors (Lipinski definition) is 4. The molecule has 0 bridgehead atoms. The summed E-state index contributed by atoms with van der Waals surface area (Å²) in [5.41, 5.74) is 6.22. The van der Waals surface area contributed by atoms with Gasteiger partial charge in [-0.3, -0.25) is 14.2 Å². The molecule has 23 heavy (non-hydrogen) atoms. The Kier molecular flexibility index (Phi) is 5.74. The zero-order chi connectivity index (χ0) is 15.5. The molecule has 1 fully saturated rings. The van der Waals surface area contributed by atoms with Crippen molar-refractivity contribution in [2.24, 2.45) is 5.73 Å². The molecular weight excluding hydrogens is 316 g/mol. The third kappa shape index (κ3) is 3.54. The van der Waals surface area contributed by atoms with Gasteiger partial charge in [-0.05, 0) is 31.4 Å². The SMILES string of the molecule is Cl.NCC1CCCCN1C(=O)Cn1cnc2ccccc2c1=O. The molecule has 1 aromatic heterocycles. The number of halogens is 1. The van der Waals surface area contributed by atoms with Crippen LogP contribution in [0.1, 0.15) is 19.3 Å². The quantitative estimate of drug-likeness (QED) is 0.912. The Morgan fingerprint density at radius 1 is 1.30 bits per heavy atom. The van der Waals surface area contributed by atoms with Gasteiger partial charge >= 0.3 is 0 Å². The van der Waals surface area contributed by atoms with E-state index in [1.165, 1.54) is 10.9 Å². The summed E-state index contributed by atoms with van der Waals surface area (Å²) in [6, 6.07) is 7.24. The predicted octanol–water partition coefficient (Wildman–Crippen LogP) is 1.16. The van der Waals surface area contributed by atoms with Crippen LogP contribution < -0.4 is 11.3 Å². The monoisotopic (exact) mass is 336 g/mol. The molecule has 1 aromatic carbocycles. The van der Waals surface area contributed by atoms with E-state index in [0.29, 0.717) is 17.4 Å². The van der Waals surface area contributed by atoms with Crippen LogP contribution in [0.25, 0.3) is 10.9 Å². The lowest BCUT2D eigenvalue weighted by Gasteiger charge is -2.35. The van der Waals surface area contributed by atoms with E-state index >= 15 is 0 Å². The number of rotatable bonds is 3. The van der Waals surface area contributed by atoms with Crippen LogP contribution in [-0.2, 0) is 11.3 Å². The Hall–Kier alpha value is -1.92. The Balaban J connectivity index is 0.00000192. The van der Waals surface area contributed by atoms with Crippen LogP contribution in [-0.4, -0.2) is 39.5 Å². The lowest BCUT2D eigenvalue weighted by atomic mass is 10.0. The Bertz CT molecular complexity index is 746. The van der Waals surface area contributed by atoms with E-state index in [9.17, 15) is 9.59 Å². The van der Waals surface area contributed by atoms with Gasteiger partial charge in [-0.1, -0.05) is 12.1 Å². The molecule has 1 aliphatic heterocycles. The average Bonchev–Trinajstić information content (AvgIpc) is 2.57. The molecule has 124 valence electrons. The highest BCUT2D eigenvalue weighted by Gasteiger charge is 2.25. The maximum Gasteiger partial charge on any atom is 0.261 e. The molecule has 0 saturated carbocycles. The van der Waals surface area contributed by atoms with Gasteiger partial charge in [-0.2, -0.15) is 0 Å². The molecule has 1 atom stereocenters. The summed E-state index contributed by atoms with van der Waals surface area (Å²) in [5, 5.41) is 0.534. The van der Waals surface area contributed by atoms with Gasteiger partial charge in [0.15, 0.2) is 0 Å². The van der Waals surface area contributed by atoms with Gasteiger partial charge in [-0.25, -0.2) is 4.98 Å². The van der Waals surface area contributed by atoms with Crippen molar-refractivity contribution in [2.45, 2.75) is 31.8 Å². The number of para-hydroxylation sites is 1. The summed E-state index contributed by atoms with van der Waals surface area (Å²) >= 11 is 0. The van der Waals surface area contributed by atoms with Crippen molar-refractivity contribution in [3.8, 4) is 0 Å². The first kappa shape index (κ1) is 17.4. The fourth-order valence-electron chi connectivity index (χ4n) is 3.03. The summed E-state index contributed by atoms with van der Waals surface area (Å²) in [4.78, 5) is 31.0. The molecule has 2 heterocycles. The van der Waals surface area contributed by atoms with Crippen molar-refractivity contribution < 1.29 is 4.79 Å². The van der Waals surface area contributed by atoms with Crippen LogP contribution in [0.3, 0.4) is 0 Å². The van der Waals surface area contributed by atoms with Gasteiger partial charge in [0.2, 0.25) is 5.91 Å². The predicted molar refractivity (Wildman–Crippen MR) is 91.7 cm³/mol. The number of nitrogens with zero attached hydrogens (tertiary/aromatic N) is 3. The first-order valence-electron chi connectivity index (χ1n) is 7.64. The maximum atomic E-state index is 12.5. The fraction of sp³-hybridized carbons (Fsp3) is 0.438. The van der Waals surface area contributed by atoms with E-state index in [-0.39, 0.29) is 36.5 Å². The molecule has 1 amide bonds. The standard InChI is InChI=1S/C16H20N4O2.ClH/c17-9-12-5-3-4-8-20(12)15(21)10-19-11-18-14-7-2-1-6-13(14)16(19)22;/h1-2,6-7,11-12H,3-5,8-10,17H2;1H. The number of piperidine rings is 1. The molecular formula is C16H21ClN4O2. The number of likely N-dealkylation sites (tertiary alicyclic amines) is 1. The van der Waals surface area contributed by atoms with E-state index < -0.39 is 0 Å². The zero-order valence-corrected chi connectivity index (χ0v) is 13.7. The van der Waals surface area contributed by atoms with Crippen LogP contribution in [0.4, 0.5) is 0 Å². The van der Waals surface area contributed by atoms with Crippen molar-refractivity contribution in [1.82, 2.24) is 14.5 Å². The van der Waals surface area contributed by atoms with Gasteiger partial charge in [0.05, 0.1) is 17.2 Å². The minimum absolute atomic E-state index is 0. The second kappa shape index (κ2) is 7.57. The second-order valence-corrected chi connectivity index (χ2v) is 5.67. The maximum absolute atomic E-state index is 12.5. The van der Waals surface area contributed by atoms with Gasteiger partial charge < -0.3 is 10.6 Å². The minimum atomic E-state index is -0.180. The van der Waals surface area contributed by atoms with E-state index in [1.54, 1.807) is 18.2 Å². The molecule has 3 rings (SSSR count). The fourth-order valence-corrected chi connectivity index (χ4v) is 3.03. The number of carbonyl (C=O) groups is 1. The molecule has 1 aliphatic rings. The molecule has 1 unspecified atom stereocenters. The number of aromatic nitrogens is 2. The van der Waals surface area contributed by atoms with Crippen LogP contribution in [0, 0.1) is 0 Å². The van der Waals surface area contributed by atoms with Crippen LogP contribution >= 0.6 is 12.4 Å².